The van der Waals surface area contributed by atoms with E-state index in [4.69, 9.17) is 16.3 Å². The van der Waals surface area contributed by atoms with Crippen molar-refractivity contribution >= 4 is 45.9 Å². The van der Waals surface area contributed by atoms with Gasteiger partial charge in [0.1, 0.15) is 0 Å². The minimum atomic E-state index is -0.315. The van der Waals surface area contributed by atoms with Gasteiger partial charge in [-0.3, -0.25) is 10.9 Å². The number of ether oxygens (including phenoxy) is 1. The molecule has 0 aliphatic carbocycles. The van der Waals surface area contributed by atoms with Crippen LogP contribution in [-0.4, -0.2) is 22.7 Å². The molecule has 0 atom stereocenters. The van der Waals surface area contributed by atoms with Crippen molar-refractivity contribution in [3.8, 4) is 0 Å². The van der Waals surface area contributed by atoms with Crippen LogP contribution in [0, 0.1) is 13.8 Å². The van der Waals surface area contributed by atoms with E-state index in [9.17, 15) is 4.79 Å². The van der Waals surface area contributed by atoms with Crippen LogP contribution in [0.3, 0.4) is 0 Å². The summed E-state index contributed by atoms with van der Waals surface area (Å²) < 4.78 is 5.13. The van der Waals surface area contributed by atoms with Crippen LogP contribution < -0.4 is 10.9 Å². The number of hydrazine groups is 1. The summed E-state index contributed by atoms with van der Waals surface area (Å²) in [7, 11) is 0. The number of nitrogens with one attached hydrogen (secondary N) is 3. The van der Waals surface area contributed by atoms with Gasteiger partial charge in [0.2, 0.25) is 0 Å². The number of hydrogen-bond acceptors (Lipinski definition) is 5. The second-order valence-corrected chi connectivity index (χ2v) is 6.94. The smallest absolute Gasteiger partial charge is 0.340 e. The zero-order chi connectivity index (χ0) is 18.7. The third-order valence-electron chi connectivity index (χ3n) is 3.82. The Morgan fingerprint density at radius 3 is 2.77 bits per heavy atom. The van der Waals surface area contributed by atoms with E-state index in [1.807, 2.05) is 31.4 Å². The molecule has 1 aliphatic rings. The van der Waals surface area contributed by atoms with Gasteiger partial charge in [0.25, 0.3) is 0 Å². The van der Waals surface area contributed by atoms with E-state index >= 15 is 0 Å². The van der Waals surface area contributed by atoms with Crippen molar-refractivity contribution in [2.45, 2.75) is 20.8 Å². The van der Waals surface area contributed by atoms with Gasteiger partial charge in [0.05, 0.1) is 29.2 Å². The molecule has 0 fully saturated rings. The first-order valence-corrected chi connectivity index (χ1v) is 9.35. The summed E-state index contributed by atoms with van der Waals surface area (Å²) in [6.07, 6.45) is 0. The molecule has 3 rings (SSSR count). The Morgan fingerprint density at radius 1 is 1.31 bits per heavy atom. The maximum Gasteiger partial charge on any atom is 0.340 e. The van der Waals surface area contributed by atoms with E-state index in [0.717, 1.165) is 28.3 Å². The quantitative estimate of drug-likeness (QED) is 0.679. The minimum absolute atomic E-state index is 0.315. The van der Waals surface area contributed by atoms with Crippen molar-refractivity contribution in [2.24, 2.45) is 4.99 Å². The molecule has 1 aromatic heterocycles. The Kier molecular flexibility index (Phi) is 5.58. The Morgan fingerprint density at radius 2 is 2.12 bits per heavy atom. The van der Waals surface area contributed by atoms with Crippen LogP contribution in [-0.2, 0) is 4.74 Å². The molecule has 0 unspecified atom stereocenters. The van der Waals surface area contributed by atoms with Gasteiger partial charge in [-0.2, -0.15) is 0 Å². The Labute approximate surface area is 161 Å². The number of esters is 1. The lowest BCUT2D eigenvalue weighted by atomic mass is 10.1. The van der Waals surface area contributed by atoms with Crippen LogP contribution >= 0.6 is 23.4 Å². The average Bonchev–Trinajstić information content (AvgIpc) is 2.90. The fourth-order valence-electron chi connectivity index (χ4n) is 2.66. The number of carbonyl (C=O) groups is 1. The minimum Gasteiger partial charge on any atom is -0.462 e. The molecule has 2 heterocycles. The number of H-pyrrole nitrogens is 1. The average molecular weight is 391 g/mol. The zero-order valence-corrected chi connectivity index (χ0v) is 16.2. The standard InChI is InChI=1S/C18H19ClN4O2S/c1-4-25-17(24)15-10(2)16(20-11(15)3)14-9-26-18(23-22-14)21-13-7-5-6-12(19)8-13/h5-9,20,22H,4H2,1-3H3,(H,21,23). The van der Waals surface area contributed by atoms with Crippen molar-refractivity contribution in [3.05, 3.63) is 57.2 Å². The van der Waals surface area contributed by atoms with Crippen molar-refractivity contribution in [1.82, 2.24) is 15.8 Å². The van der Waals surface area contributed by atoms with Crippen molar-refractivity contribution in [2.75, 3.05) is 6.61 Å². The highest BCUT2D eigenvalue weighted by atomic mass is 35.5. The summed E-state index contributed by atoms with van der Waals surface area (Å²) in [4.78, 5) is 19.9. The lowest BCUT2D eigenvalue weighted by molar-refractivity contribution is 0.0525. The zero-order valence-electron chi connectivity index (χ0n) is 14.6. The van der Waals surface area contributed by atoms with Crippen LogP contribution in [0.5, 0.6) is 0 Å². The first-order chi connectivity index (χ1) is 12.5. The lowest BCUT2D eigenvalue weighted by Crippen LogP contribution is -2.37. The molecule has 0 spiro atoms. The first kappa shape index (κ1) is 18.4. The molecular weight excluding hydrogens is 372 g/mol. The molecule has 26 heavy (non-hydrogen) atoms. The van der Waals surface area contributed by atoms with Gasteiger partial charge in [0.15, 0.2) is 5.17 Å². The highest BCUT2D eigenvalue weighted by Gasteiger charge is 2.22. The van der Waals surface area contributed by atoms with Gasteiger partial charge in [-0.15, -0.1) is 0 Å². The number of aliphatic imine (C=N–C) groups is 1. The maximum atomic E-state index is 12.1. The van der Waals surface area contributed by atoms with Crippen molar-refractivity contribution < 1.29 is 9.53 Å². The lowest BCUT2D eigenvalue weighted by Gasteiger charge is -2.18. The van der Waals surface area contributed by atoms with Gasteiger partial charge >= 0.3 is 5.97 Å². The number of aryl methyl sites for hydroxylation is 1. The van der Waals surface area contributed by atoms with E-state index in [0.29, 0.717) is 22.4 Å². The summed E-state index contributed by atoms with van der Waals surface area (Å²) in [5.41, 5.74) is 10.8. The number of thioether (sulfide) groups is 1. The van der Waals surface area contributed by atoms with Gasteiger partial charge in [0, 0.05) is 16.1 Å². The number of nitrogens with zero attached hydrogens (tertiary/aromatic N) is 1. The van der Waals surface area contributed by atoms with E-state index in [1.54, 1.807) is 19.1 Å². The molecule has 136 valence electrons. The molecule has 1 aromatic carbocycles. The summed E-state index contributed by atoms with van der Waals surface area (Å²) in [5, 5.41) is 3.27. The highest BCUT2D eigenvalue weighted by Crippen LogP contribution is 2.27. The normalized spacial score (nSPS) is 15.2. The van der Waals surface area contributed by atoms with Crippen LogP contribution in [0.15, 0.2) is 34.7 Å². The fourth-order valence-corrected chi connectivity index (χ4v) is 3.52. The molecule has 0 amide bonds. The Hall–Kier alpha value is -2.38. The van der Waals surface area contributed by atoms with E-state index in [1.165, 1.54) is 11.8 Å². The number of benzene rings is 1. The second kappa shape index (κ2) is 7.88. The van der Waals surface area contributed by atoms with Crippen LogP contribution in [0.25, 0.3) is 5.70 Å². The largest absolute Gasteiger partial charge is 0.462 e. The van der Waals surface area contributed by atoms with Crippen LogP contribution in [0.4, 0.5) is 5.69 Å². The molecular formula is C18H19ClN4O2S. The Balaban J connectivity index is 1.81. The highest BCUT2D eigenvalue weighted by molar-refractivity contribution is 8.16. The van der Waals surface area contributed by atoms with Crippen molar-refractivity contribution in [3.63, 3.8) is 0 Å². The maximum absolute atomic E-state index is 12.1. The molecule has 8 heteroatoms. The van der Waals surface area contributed by atoms with Crippen molar-refractivity contribution in [1.29, 1.82) is 0 Å². The molecule has 2 aromatic rings. The predicted octanol–water partition coefficient (Wildman–Crippen LogP) is 4.29. The van der Waals surface area contributed by atoms with E-state index in [2.05, 4.69) is 20.8 Å². The molecule has 0 bridgehead atoms. The van der Waals surface area contributed by atoms with E-state index < -0.39 is 0 Å². The Bertz CT molecular complexity index is 905. The van der Waals surface area contributed by atoms with Gasteiger partial charge in [-0.25, -0.2) is 9.79 Å². The van der Waals surface area contributed by atoms with E-state index in [-0.39, 0.29) is 5.97 Å². The SMILES string of the molecule is CCOC(=O)c1c(C)[nH]c(C2=CSC(=Nc3cccc(Cl)c3)NN2)c1C. The molecule has 0 radical (unpaired) electrons. The van der Waals surface area contributed by atoms with Crippen LogP contribution in [0.2, 0.25) is 5.02 Å². The van der Waals surface area contributed by atoms with Gasteiger partial charge in [-0.1, -0.05) is 29.4 Å². The number of rotatable bonds is 4. The molecule has 3 N–H and O–H groups in total. The number of hydrogen-bond donors (Lipinski definition) is 3. The van der Waals surface area contributed by atoms with Crippen LogP contribution in [0.1, 0.15) is 34.2 Å². The number of amidine groups is 1. The summed E-state index contributed by atoms with van der Waals surface area (Å²) in [6, 6.07) is 7.33. The summed E-state index contributed by atoms with van der Waals surface area (Å²) in [6.45, 7) is 5.90. The third-order valence-corrected chi connectivity index (χ3v) is 4.82. The molecule has 0 saturated heterocycles. The third kappa shape index (κ3) is 3.89. The molecule has 6 nitrogen and oxygen atoms in total. The first-order valence-electron chi connectivity index (χ1n) is 8.09. The van der Waals surface area contributed by atoms with Gasteiger partial charge in [-0.05, 0) is 44.5 Å². The second-order valence-electron chi connectivity index (χ2n) is 5.64. The molecule has 1 aliphatic heterocycles. The monoisotopic (exact) mass is 390 g/mol. The van der Waals surface area contributed by atoms with Gasteiger partial charge < -0.3 is 9.72 Å². The summed E-state index contributed by atoms with van der Waals surface area (Å²) >= 11 is 7.43. The molecule has 0 saturated carbocycles. The number of halogens is 1. The fraction of sp³-hybridized carbons (Fsp3) is 0.222. The number of carbonyl (C=O) groups excluding carboxylic acids is 1. The predicted molar refractivity (Wildman–Crippen MR) is 107 cm³/mol. The number of aromatic nitrogens is 1. The summed E-state index contributed by atoms with van der Waals surface area (Å²) in [5.74, 6) is -0.315. The topological polar surface area (TPSA) is 78.5 Å². The number of aromatic amines is 1.